The van der Waals surface area contributed by atoms with E-state index >= 15 is 0 Å². The summed E-state index contributed by atoms with van der Waals surface area (Å²) in [6.45, 7) is -0.235. The lowest BCUT2D eigenvalue weighted by Gasteiger charge is -2.06. The number of hydrogen-bond acceptors (Lipinski definition) is 5. The highest BCUT2D eigenvalue weighted by atomic mass is 35.5. The van der Waals surface area contributed by atoms with Crippen LogP contribution < -0.4 is 9.47 Å². The first-order valence-electron chi connectivity index (χ1n) is 7.21. The van der Waals surface area contributed by atoms with E-state index in [4.69, 9.17) is 32.7 Å². The Labute approximate surface area is 153 Å². The van der Waals surface area contributed by atoms with E-state index in [0.717, 1.165) is 0 Å². The molecule has 3 rings (SSSR count). The summed E-state index contributed by atoms with van der Waals surface area (Å²) < 4.78 is 15.4. The molecule has 0 saturated heterocycles. The molecule has 0 spiro atoms. The zero-order valence-electron chi connectivity index (χ0n) is 13.0. The SMILES string of the molecule is COC(=O)COc1ccc2c(c1)O/C(=C\c1c(Cl)cccc1Cl)C2=O. The van der Waals surface area contributed by atoms with E-state index < -0.39 is 5.97 Å². The number of fused-ring (bicyclic) bond motifs is 1. The Bertz CT molecular complexity index is 869. The first-order chi connectivity index (χ1) is 12.0. The second-order valence-electron chi connectivity index (χ2n) is 5.10. The van der Waals surface area contributed by atoms with Crippen LogP contribution in [0.4, 0.5) is 0 Å². The van der Waals surface area contributed by atoms with E-state index in [1.807, 2.05) is 0 Å². The molecule has 0 unspecified atom stereocenters. The van der Waals surface area contributed by atoms with E-state index in [0.29, 0.717) is 32.7 Å². The molecule has 5 nitrogen and oxygen atoms in total. The van der Waals surface area contributed by atoms with Crippen molar-refractivity contribution in [3.05, 3.63) is 63.3 Å². The maximum atomic E-state index is 12.5. The molecule has 0 aromatic heterocycles. The van der Waals surface area contributed by atoms with Crippen molar-refractivity contribution in [1.82, 2.24) is 0 Å². The maximum Gasteiger partial charge on any atom is 0.343 e. The molecule has 0 atom stereocenters. The van der Waals surface area contributed by atoms with Gasteiger partial charge in [0.15, 0.2) is 12.4 Å². The zero-order valence-corrected chi connectivity index (χ0v) is 14.6. The summed E-state index contributed by atoms with van der Waals surface area (Å²) in [7, 11) is 1.27. The van der Waals surface area contributed by atoms with Crippen LogP contribution in [0.5, 0.6) is 11.5 Å². The minimum absolute atomic E-state index is 0.107. The van der Waals surface area contributed by atoms with Crippen molar-refractivity contribution < 1.29 is 23.8 Å². The molecule has 1 aliphatic rings. The van der Waals surface area contributed by atoms with Crippen LogP contribution in [0.15, 0.2) is 42.2 Å². The van der Waals surface area contributed by atoms with Crippen LogP contribution in [0.2, 0.25) is 10.0 Å². The first-order valence-corrected chi connectivity index (χ1v) is 7.97. The maximum absolute atomic E-state index is 12.5. The highest BCUT2D eigenvalue weighted by Gasteiger charge is 2.28. The summed E-state index contributed by atoms with van der Waals surface area (Å²) >= 11 is 12.2. The third kappa shape index (κ3) is 3.62. The number of allylic oxidation sites excluding steroid dienone is 1. The minimum Gasteiger partial charge on any atom is -0.482 e. The van der Waals surface area contributed by atoms with Gasteiger partial charge in [0.25, 0.3) is 0 Å². The predicted molar refractivity (Wildman–Crippen MR) is 93.4 cm³/mol. The largest absolute Gasteiger partial charge is 0.482 e. The molecule has 2 aromatic rings. The molecule has 1 heterocycles. The molecule has 2 aromatic carbocycles. The fourth-order valence-electron chi connectivity index (χ4n) is 2.24. The number of halogens is 2. The van der Waals surface area contributed by atoms with E-state index in [1.165, 1.54) is 19.3 Å². The van der Waals surface area contributed by atoms with Crippen molar-refractivity contribution in [2.75, 3.05) is 13.7 Å². The van der Waals surface area contributed by atoms with Gasteiger partial charge >= 0.3 is 5.97 Å². The number of methoxy groups -OCH3 is 1. The third-order valence-electron chi connectivity index (χ3n) is 3.50. The molecule has 128 valence electrons. The Morgan fingerprint density at radius 1 is 1.20 bits per heavy atom. The van der Waals surface area contributed by atoms with Gasteiger partial charge in [-0.1, -0.05) is 29.3 Å². The van der Waals surface area contributed by atoms with Crippen LogP contribution in [-0.4, -0.2) is 25.5 Å². The summed E-state index contributed by atoms with van der Waals surface area (Å²) in [4.78, 5) is 23.6. The highest BCUT2D eigenvalue weighted by molar-refractivity contribution is 6.37. The van der Waals surface area contributed by atoms with Crippen LogP contribution >= 0.6 is 23.2 Å². The number of hydrogen-bond donors (Lipinski definition) is 0. The fourth-order valence-corrected chi connectivity index (χ4v) is 2.74. The number of rotatable bonds is 4. The summed E-state index contributed by atoms with van der Waals surface area (Å²) in [5.74, 6) is 0.0304. The molecule has 0 amide bonds. The number of Topliss-reactive ketones (excluding diaryl/α,β-unsaturated/α-hetero) is 1. The van der Waals surface area contributed by atoms with E-state index in [2.05, 4.69) is 4.74 Å². The topological polar surface area (TPSA) is 61.8 Å². The molecule has 7 heteroatoms. The van der Waals surface area contributed by atoms with Crippen molar-refractivity contribution in [3.63, 3.8) is 0 Å². The number of ether oxygens (including phenoxy) is 3. The van der Waals surface area contributed by atoms with Crippen molar-refractivity contribution in [2.24, 2.45) is 0 Å². The molecule has 0 fully saturated rings. The summed E-state index contributed by atoms with van der Waals surface area (Å²) in [5.41, 5.74) is 0.893. The van der Waals surface area contributed by atoms with Gasteiger partial charge in [0.1, 0.15) is 11.5 Å². The van der Waals surface area contributed by atoms with Gasteiger partial charge in [-0.2, -0.15) is 0 Å². The second kappa shape index (κ2) is 7.17. The average Bonchev–Trinajstić information content (AvgIpc) is 2.91. The fraction of sp³-hybridized carbons (Fsp3) is 0.111. The summed E-state index contributed by atoms with van der Waals surface area (Å²) in [5, 5.41) is 0.823. The van der Waals surface area contributed by atoms with Crippen LogP contribution in [0, 0.1) is 0 Å². The quantitative estimate of drug-likeness (QED) is 0.590. The molecular weight excluding hydrogens is 367 g/mol. The van der Waals surface area contributed by atoms with Gasteiger partial charge in [-0.25, -0.2) is 4.79 Å². The van der Waals surface area contributed by atoms with Crippen molar-refractivity contribution in [2.45, 2.75) is 0 Å². The predicted octanol–water partition coefficient (Wildman–Crippen LogP) is 4.16. The van der Waals surface area contributed by atoms with Crippen molar-refractivity contribution in [3.8, 4) is 11.5 Å². The average molecular weight is 379 g/mol. The Morgan fingerprint density at radius 2 is 1.92 bits per heavy atom. The van der Waals surface area contributed by atoms with E-state index in [9.17, 15) is 9.59 Å². The van der Waals surface area contributed by atoms with Gasteiger partial charge in [-0.05, 0) is 30.3 Å². The van der Waals surface area contributed by atoms with E-state index in [-0.39, 0.29) is 18.1 Å². The van der Waals surface area contributed by atoms with Crippen LogP contribution in [-0.2, 0) is 9.53 Å². The van der Waals surface area contributed by atoms with Crippen molar-refractivity contribution in [1.29, 1.82) is 0 Å². The van der Waals surface area contributed by atoms with Crippen LogP contribution in [0.25, 0.3) is 6.08 Å². The summed E-state index contributed by atoms with van der Waals surface area (Å²) in [6.07, 6.45) is 1.50. The monoisotopic (exact) mass is 378 g/mol. The smallest absolute Gasteiger partial charge is 0.343 e. The number of benzene rings is 2. The molecule has 0 saturated carbocycles. The van der Waals surface area contributed by atoms with Gasteiger partial charge in [0.05, 0.1) is 12.7 Å². The Hall–Kier alpha value is -2.50. The number of carbonyl (C=O) groups is 2. The van der Waals surface area contributed by atoms with Gasteiger partial charge in [-0.15, -0.1) is 0 Å². The van der Waals surface area contributed by atoms with Crippen molar-refractivity contribution >= 4 is 41.0 Å². The highest BCUT2D eigenvalue weighted by Crippen LogP contribution is 2.36. The molecular formula is C18H12Cl2O5. The van der Waals surface area contributed by atoms with Crippen LogP contribution in [0.3, 0.4) is 0 Å². The van der Waals surface area contributed by atoms with Gasteiger partial charge in [0, 0.05) is 21.7 Å². The lowest BCUT2D eigenvalue weighted by Crippen LogP contribution is -2.12. The molecule has 0 bridgehead atoms. The summed E-state index contributed by atoms with van der Waals surface area (Å²) in [6, 6.07) is 9.74. The molecule has 0 radical (unpaired) electrons. The van der Waals surface area contributed by atoms with Gasteiger partial charge in [0.2, 0.25) is 5.78 Å². The number of ketones is 1. The minimum atomic E-state index is -0.508. The van der Waals surface area contributed by atoms with Gasteiger partial charge < -0.3 is 14.2 Å². The molecule has 1 aliphatic heterocycles. The molecule has 0 aliphatic carbocycles. The van der Waals surface area contributed by atoms with E-state index in [1.54, 1.807) is 30.3 Å². The Kier molecular flexibility index (Phi) is 4.97. The normalized spacial score (nSPS) is 14.2. The zero-order chi connectivity index (χ0) is 18.0. The lowest BCUT2D eigenvalue weighted by atomic mass is 10.1. The van der Waals surface area contributed by atoms with Crippen LogP contribution in [0.1, 0.15) is 15.9 Å². The lowest BCUT2D eigenvalue weighted by molar-refractivity contribution is -0.142. The molecule has 0 N–H and O–H groups in total. The third-order valence-corrected chi connectivity index (χ3v) is 4.16. The van der Waals surface area contributed by atoms with Gasteiger partial charge in [-0.3, -0.25) is 4.79 Å². The number of esters is 1. The second-order valence-corrected chi connectivity index (χ2v) is 5.91. The molecule has 25 heavy (non-hydrogen) atoms. The first kappa shape index (κ1) is 17.3. The number of carbonyl (C=O) groups excluding carboxylic acids is 2. The Morgan fingerprint density at radius 3 is 2.60 bits per heavy atom. The Balaban J connectivity index is 1.86. The standard InChI is InChI=1S/C18H12Cl2O5/c1-23-17(21)9-24-10-5-6-11-15(7-10)25-16(18(11)22)8-12-13(19)3-2-4-14(12)20/h2-8H,9H2,1H3/b16-8-.